The third-order valence-electron chi connectivity index (χ3n) is 3.49. The summed E-state index contributed by atoms with van der Waals surface area (Å²) in [5.41, 5.74) is 2.23. The molecule has 2 aromatic rings. The number of amides is 1. The lowest BCUT2D eigenvalue weighted by molar-refractivity contribution is -0.118. The Morgan fingerprint density at radius 1 is 1.43 bits per heavy atom. The maximum absolute atomic E-state index is 12.4. The van der Waals surface area contributed by atoms with Crippen LogP contribution in [0, 0.1) is 0 Å². The van der Waals surface area contributed by atoms with Crippen molar-refractivity contribution in [1.82, 2.24) is 15.3 Å². The summed E-state index contributed by atoms with van der Waals surface area (Å²) in [7, 11) is 0. The Balaban J connectivity index is 1.66. The Hall–Kier alpha value is -2.40. The Kier molecular flexibility index (Phi) is 4.57. The van der Waals surface area contributed by atoms with E-state index in [-0.39, 0.29) is 18.6 Å². The molecule has 1 amide bonds. The highest BCUT2D eigenvalue weighted by Crippen LogP contribution is 2.28. The fourth-order valence-electron chi connectivity index (χ4n) is 2.40. The standard InChI is InChI=1S/C17H16ClN3O2/c1-11(6-15-9-19-4-5-20-15)21-17(22)13-7-12-8-14(18)2-3-16(12)23-10-13/h2-5,7-9,11H,6,10H2,1H3,(H,21,22). The highest BCUT2D eigenvalue weighted by atomic mass is 35.5. The number of nitrogens with one attached hydrogen (secondary N) is 1. The minimum Gasteiger partial charge on any atom is -0.488 e. The lowest BCUT2D eigenvalue weighted by Crippen LogP contribution is -2.36. The van der Waals surface area contributed by atoms with Crippen LogP contribution in [-0.2, 0) is 11.2 Å². The second kappa shape index (κ2) is 6.79. The topological polar surface area (TPSA) is 64.1 Å². The highest BCUT2D eigenvalue weighted by Gasteiger charge is 2.19. The van der Waals surface area contributed by atoms with Crippen LogP contribution >= 0.6 is 11.6 Å². The predicted octanol–water partition coefficient (Wildman–Crippen LogP) is 2.65. The van der Waals surface area contributed by atoms with E-state index in [1.54, 1.807) is 36.8 Å². The van der Waals surface area contributed by atoms with Crippen LogP contribution in [0.15, 0.2) is 42.4 Å². The van der Waals surface area contributed by atoms with Crippen molar-refractivity contribution in [2.24, 2.45) is 0 Å². The van der Waals surface area contributed by atoms with Gasteiger partial charge in [0, 0.05) is 41.6 Å². The quantitative estimate of drug-likeness (QED) is 0.936. The van der Waals surface area contributed by atoms with Gasteiger partial charge in [-0.3, -0.25) is 14.8 Å². The second-order valence-corrected chi connectivity index (χ2v) is 5.85. The molecule has 0 saturated heterocycles. The van der Waals surface area contributed by atoms with Gasteiger partial charge in [0.25, 0.3) is 5.91 Å². The molecule has 0 radical (unpaired) electrons. The van der Waals surface area contributed by atoms with Gasteiger partial charge in [-0.25, -0.2) is 0 Å². The number of fused-ring (bicyclic) bond motifs is 1. The number of halogens is 1. The molecule has 3 rings (SSSR count). The summed E-state index contributed by atoms with van der Waals surface area (Å²) < 4.78 is 5.60. The number of carbonyl (C=O) groups excluding carboxylic acids is 1. The van der Waals surface area contributed by atoms with Gasteiger partial charge in [-0.15, -0.1) is 0 Å². The summed E-state index contributed by atoms with van der Waals surface area (Å²) >= 11 is 5.98. The van der Waals surface area contributed by atoms with Crippen LogP contribution in [0.25, 0.3) is 6.08 Å². The molecule has 1 unspecified atom stereocenters. The fourth-order valence-corrected chi connectivity index (χ4v) is 2.58. The van der Waals surface area contributed by atoms with E-state index < -0.39 is 0 Å². The Morgan fingerprint density at radius 3 is 3.09 bits per heavy atom. The van der Waals surface area contributed by atoms with E-state index in [0.717, 1.165) is 17.0 Å². The van der Waals surface area contributed by atoms with E-state index in [9.17, 15) is 4.79 Å². The van der Waals surface area contributed by atoms with E-state index >= 15 is 0 Å². The molecule has 0 aliphatic carbocycles. The van der Waals surface area contributed by atoms with Gasteiger partial charge in [0.15, 0.2) is 0 Å². The molecular formula is C17H16ClN3O2. The van der Waals surface area contributed by atoms with Gasteiger partial charge in [-0.1, -0.05) is 11.6 Å². The molecule has 5 nitrogen and oxygen atoms in total. The van der Waals surface area contributed by atoms with E-state index in [2.05, 4.69) is 15.3 Å². The zero-order valence-electron chi connectivity index (χ0n) is 12.6. The number of carbonyl (C=O) groups is 1. The van der Waals surface area contributed by atoms with Crippen molar-refractivity contribution < 1.29 is 9.53 Å². The van der Waals surface area contributed by atoms with Gasteiger partial charge < -0.3 is 10.1 Å². The van der Waals surface area contributed by atoms with Crippen molar-refractivity contribution in [2.75, 3.05) is 6.61 Å². The molecule has 1 aliphatic heterocycles. The van der Waals surface area contributed by atoms with Crippen molar-refractivity contribution in [3.63, 3.8) is 0 Å². The van der Waals surface area contributed by atoms with Crippen LogP contribution in [0.4, 0.5) is 0 Å². The van der Waals surface area contributed by atoms with Gasteiger partial charge in [-0.05, 0) is 31.2 Å². The molecule has 6 heteroatoms. The number of rotatable bonds is 4. The normalized spacial score (nSPS) is 14.3. The molecule has 23 heavy (non-hydrogen) atoms. The van der Waals surface area contributed by atoms with Gasteiger partial charge >= 0.3 is 0 Å². The summed E-state index contributed by atoms with van der Waals surface area (Å²) in [4.78, 5) is 20.6. The fraction of sp³-hybridized carbons (Fsp3) is 0.235. The van der Waals surface area contributed by atoms with Crippen molar-refractivity contribution >= 4 is 23.6 Å². The molecule has 1 atom stereocenters. The molecule has 1 aromatic heterocycles. The van der Waals surface area contributed by atoms with Crippen molar-refractivity contribution in [2.45, 2.75) is 19.4 Å². The number of aromatic nitrogens is 2. The van der Waals surface area contributed by atoms with Crippen LogP contribution < -0.4 is 10.1 Å². The maximum atomic E-state index is 12.4. The minimum atomic E-state index is -0.146. The zero-order chi connectivity index (χ0) is 16.2. The third kappa shape index (κ3) is 3.87. The van der Waals surface area contributed by atoms with E-state index in [0.29, 0.717) is 17.0 Å². The molecule has 1 N–H and O–H groups in total. The first-order chi connectivity index (χ1) is 11.1. The maximum Gasteiger partial charge on any atom is 0.250 e. The second-order valence-electron chi connectivity index (χ2n) is 5.42. The molecule has 0 fully saturated rings. The molecule has 1 aromatic carbocycles. The third-order valence-corrected chi connectivity index (χ3v) is 3.72. The summed E-state index contributed by atoms with van der Waals surface area (Å²) in [6, 6.07) is 5.30. The number of ether oxygens (including phenoxy) is 1. The van der Waals surface area contributed by atoms with Crippen LogP contribution in [-0.4, -0.2) is 28.5 Å². The molecule has 0 spiro atoms. The molecule has 0 saturated carbocycles. The largest absolute Gasteiger partial charge is 0.488 e. The SMILES string of the molecule is CC(Cc1cnccn1)NC(=O)C1=Cc2cc(Cl)ccc2OC1. The monoisotopic (exact) mass is 329 g/mol. The average molecular weight is 330 g/mol. The lowest BCUT2D eigenvalue weighted by atomic mass is 10.1. The summed E-state index contributed by atoms with van der Waals surface area (Å²) in [5, 5.41) is 3.57. The van der Waals surface area contributed by atoms with Crippen molar-refractivity contribution in [3.8, 4) is 5.75 Å². The van der Waals surface area contributed by atoms with Crippen LogP contribution in [0.2, 0.25) is 5.02 Å². The van der Waals surface area contributed by atoms with Gasteiger partial charge in [-0.2, -0.15) is 0 Å². The van der Waals surface area contributed by atoms with Gasteiger partial charge in [0.1, 0.15) is 12.4 Å². The minimum absolute atomic E-state index is 0.0548. The highest BCUT2D eigenvalue weighted by molar-refractivity contribution is 6.30. The van der Waals surface area contributed by atoms with Crippen LogP contribution in [0.1, 0.15) is 18.2 Å². The Labute approximate surface area is 139 Å². The first-order valence-corrected chi connectivity index (χ1v) is 7.68. The molecule has 118 valence electrons. The number of benzene rings is 1. The predicted molar refractivity (Wildman–Crippen MR) is 88.3 cm³/mol. The van der Waals surface area contributed by atoms with Gasteiger partial charge in [0.05, 0.1) is 11.3 Å². The van der Waals surface area contributed by atoms with Crippen LogP contribution in [0.5, 0.6) is 5.75 Å². The average Bonchev–Trinajstić information content (AvgIpc) is 2.54. The zero-order valence-corrected chi connectivity index (χ0v) is 13.4. The summed E-state index contributed by atoms with van der Waals surface area (Å²) in [6.45, 7) is 2.18. The summed E-state index contributed by atoms with van der Waals surface area (Å²) in [6.07, 6.45) is 7.40. The van der Waals surface area contributed by atoms with Crippen LogP contribution in [0.3, 0.4) is 0 Å². The first kappa shape index (κ1) is 15.5. The van der Waals surface area contributed by atoms with E-state index in [1.165, 1.54) is 0 Å². The van der Waals surface area contributed by atoms with E-state index in [4.69, 9.17) is 16.3 Å². The first-order valence-electron chi connectivity index (χ1n) is 7.30. The Morgan fingerprint density at radius 2 is 2.30 bits per heavy atom. The lowest BCUT2D eigenvalue weighted by Gasteiger charge is -2.20. The molecule has 2 heterocycles. The summed E-state index contributed by atoms with van der Waals surface area (Å²) in [5.74, 6) is 0.588. The molecular weight excluding hydrogens is 314 g/mol. The van der Waals surface area contributed by atoms with Crippen molar-refractivity contribution in [3.05, 3.63) is 58.6 Å². The molecule has 1 aliphatic rings. The van der Waals surface area contributed by atoms with E-state index in [1.807, 2.05) is 13.0 Å². The smallest absolute Gasteiger partial charge is 0.250 e. The number of nitrogens with zero attached hydrogens (tertiary/aromatic N) is 2. The number of hydrogen-bond acceptors (Lipinski definition) is 4. The number of hydrogen-bond donors (Lipinski definition) is 1. The Bertz CT molecular complexity index is 747. The molecule has 0 bridgehead atoms. The van der Waals surface area contributed by atoms with Gasteiger partial charge in [0.2, 0.25) is 0 Å². The van der Waals surface area contributed by atoms with Crippen molar-refractivity contribution in [1.29, 1.82) is 0 Å².